The van der Waals surface area contributed by atoms with E-state index in [4.69, 9.17) is 11.6 Å². The number of halogens is 1. The van der Waals surface area contributed by atoms with Crippen LogP contribution in [-0.2, 0) is 0 Å². The third kappa shape index (κ3) is 4.10. The second-order valence-corrected chi connectivity index (χ2v) is 3.78. The van der Waals surface area contributed by atoms with E-state index in [1.165, 1.54) is 44.2 Å². The molecule has 1 rings (SSSR count). The van der Waals surface area contributed by atoms with Gasteiger partial charge in [0.25, 0.3) is 0 Å². The molecule has 2 heteroatoms. The Morgan fingerprint density at radius 3 is 2.75 bits per heavy atom. The van der Waals surface area contributed by atoms with Crippen molar-refractivity contribution in [3.05, 3.63) is 0 Å². The number of alkyl halides is 1. The normalized spacial score (nSPS) is 17.6. The molecule has 1 nitrogen and oxygen atoms in total. The molecule has 0 aromatic rings. The second kappa shape index (κ2) is 6.47. The summed E-state index contributed by atoms with van der Waals surface area (Å²) in [5.41, 5.74) is 1.45. The molecule has 0 atom stereocenters. The van der Waals surface area contributed by atoms with Crippen molar-refractivity contribution >= 4 is 17.3 Å². The van der Waals surface area contributed by atoms with E-state index < -0.39 is 0 Å². The number of rotatable bonds is 5. The summed E-state index contributed by atoms with van der Waals surface area (Å²) < 4.78 is 0. The van der Waals surface area contributed by atoms with Crippen LogP contribution in [0.25, 0.3) is 0 Å². The van der Waals surface area contributed by atoms with Crippen molar-refractivity contribution < 1.29 is 0 Å². The molecule has 0 aliphatic carbocycles. The van der Waals surface area contributed by atoms with Gasteiger partial charge in [-0.1, -0.05) is 6.42 Å². The Balaban J connectivity index is 2.01. The van der Waals surface area contributed by atoms with E-state index in [1.54, 1.807) is 0 Å². The Kier molecular flexibility index (Phi) is 5.42. The molecule has 0 saturated carbocycles. The number of hydrogen-bond acceptors (Lipinski definition) is 1. The lowest BCUT2D eigenvalue weighted by atomic mass is 10.0. The molecule has 0 radical (unpaired) electrons. The Morgan fingerprint density at radius 1 is 1.17 bits per heavy atom. The lowest BCUT2D eigenvalue weighted by molar-refractivity contribution is 0.694. The molecule has 1 aliphatic rings. The Morgan fingerprint density at radius 2 is 2.08 bits per heavy atom. The van der Waals surface area contributed by atoms with Crippen LogP contribution in [0, 0.1) is 0 Å². The minimum absolute atomic E-state index is 0.812. The van der Waals surface area contributed by atoms with Crippen LogP contribution < -0.4 is 0 Å². The van der Waals surface area contributed by atoms with Gasteiger partial charge in [0.05, 0.1) is 0 Å². The monoisotopic (exact) mass is 187 g/mol. The highest BCUT2D eigenvalue weighted by Crippen LogP contribution is 2.11. The average molecular weight is 188 g/mol. The van der Waals surface area contributed by atoms with E-state index in [0.717, 1.165) is 18.8 Å². The molecule has 12 heavy (non-hydrogen) atoms. The summed E-state index contributed by atoms with van der Waals surface area (Å²) in [5, 5.41) is 0. The van der Waals surface area contributed by atoms with Crippen LogP contribution in [0.5, 0.6) is 0 Å². The molecule has 0 unspecified atom stereocenters. The van der Waals surface area contributed by atoms with Crippen molar-refractivity contribution in [2.75, 3.05) is 12.4 Å². The topological polar surface area (TPSA) is 12.4 Å². The summed E-state index contributed by atoms with van der Waals surface area (Å²) >= 11 is 5.59. The first kappa shape index (κ1) is 10.0. The van der Waals surface area contributed by atoms with Crippen molar-refractivity contribution in [2.24, 2.45) is 4.99 Å². The van der Waals surface area contributed by atoms with Crippen LogP contribution in [0.2, 0.25) is 0 Å². The SMILES string of the molecule is ClCCCCCC1=NCCCC1. The first-order chi connectivity index (χ1) is 5.93. The van der Waals surface area contributed by atoms with Crippen LogP contribution >= 0.6 is 11.6 Å². The molecule has 0 fully saturated rings. The predicted molar refractivity (Wildman–Crippen MR) is 55.3 cm³/mol. The molecular weight excluding hydrogens is 170 g/mol. The molecule has 0 aromatic carbocycles. The highest BCUT2D eigenvalue weighted by atomic mass is 35.5. The summed E-state index contributed by atoms with van der Waals surface area (Å²) in [6.45, 7) is 1.07. The fourth-order valence-electron chi connectivity index (χ4n) is 1.56. The van der Waals surface area contributed by atoms with Gasteiger partial charge < -0.3 is 0 Å². The number of aliphatic imine (C=N–C) groups is 1. The Hall–Kier alpha value is -0.0400. The van der Waals surface area contributed by atoms with E-state index >= 15 is 0 Å². The van der Waals surface area contributed by atoms with Gasteiger partial charge in [-0.3, -0.25) is 4.99 Å². The zero-order chi connectivity index (χ0) is 8.65. The molecule has 0 N–H and O–H groups in total. The maximum Gasteiger partial charge on any atom is 0.0388 e. The van der Waals surface area contributed by atoms with Crippen molar-refractivity contribution in [3.63, 3.8) is 0 Å². The molecule has 0 bridgehead atoms. The van der Waals surface area contributed by atoms with Crippen molar-refractivity contribution in [1.29, 1.82) is 0 Å². The summed E-state index contributed by atoms with van der Waals surface area (Å²) in [6.07, 6.45) is 8.83. The molecule has 0 amide bonds. The van der Waals surface area contributed by atoms with Crippen molar-refractivity contribution in [2.45, 2.75) is 44.9 Å². The molecule has 1 aliphatic heterocycles. The van der Waals surface area contributed by atoms with Crippen LogP contribution in [0.1, 0.15) is 44.9 Å². The molecule has 0 aromatic heterocycles. The van der Waals surface area contributed by atoms with Gasteiger partial charge in [0.2, 0.25) is 0 Å². The van der Waals surface area contributed by atoms with E-state index in [2.05, 4.69) is 4.99 Å². The largest absolute Gasteiger partial charge is 0.294 e. The third-order valence-corrected chi connectivity index (χ3v) is 2.58. The Labute approximate surface area is 80.2 Å². The summed E-state index contributed by atoms with van der Waals surface area (Å²) in [7, 11) is 0. The van der Waals surface area contributed by atoms with Crippen molar-refractivity contribution in [3.8, 4) is 0 Å². The summed E-state index contributed by atoms with van der Waals surface area (Å²) in [4.78, 5) is 4.51. The molecule has 1 heterocycles. The van der Waals surface area contributed by atoms with Gasteiger partial charge in [-0.05, 0) is 38.5 Å². The van der Waals surface area contributed by atoms with Gasteiger partial charge in [-0.25, -0.2) is 0 Å². The molecular formula is C10H18ClN. The van der Waals surface area contributed by atoms with Crippen LogP contribution in [0.3, 0.4) is 0 Å². The zero-order valence-electron chi connectivity index (χ0n) is 7.69. The highest BCUT2D eigenvalue weighted by molar-refractivity contribution is 6.17. The lowest BCUT2D eigenvalue weighted by Gasteiger charge is -2.10. The minimum Gasteiger partial charge on any atom is -0.294 e. The quantitative estimate of drug-likeness (QED) is 0.462. The predicted octanol–water partition coefficient (Wildman–Crippen LogP) is 3.41. The summed E-state index contributed by atoms with van der Waals surface area (Å²) in [5.74, 6) is 0.812. The van der Waals surface area contributed by atoms with Crippen molar-refractivity contribution in [1.82, 2.24) is 0 Å². The zero-order valence-corrected chi connectivity index (χ0v) is 8.45. The van der Waals surface area contributed by atoms with Crippen LogP contribution in [0.4, 0.5) is 0 Å². The summed E-state index contributed by atoms with van der Waals surface area (Å²) in [6, 6.07) is 0. The fourth-order valence-corrected chi connectivity index (χ4v) is 1.75. The third-order valence-electron chi connectivity index (χ3n) is 2.31. The van der Waals surface area contributed by atoms with Gasteiger partial charge in [-0.2, -0.15) is 0 Å². The maximum atomic E-state index is 5.59. The number of unbranched alkanes of at least 4 members (excludes halogenated alkanes) is 2. The standard InChI is InChI=1S/C10H18ClN/c11-8-4-1-2-6-10-7-3-5-9-12-10/h1-9H2. The maximum absolute atomic E-state index is 5.59. The van der Waals surface area contributed by atoms with Crippen LogP contribution in [0.15, 0.2) is 4.99 Å². The second-order valence-electron chi connectivity index (χ2n) is 3.40. The lowest BCUT2D eigenvalue weighted by Crippen LogP contribution is -2.05. The van der Waals surface area contributed by atoms with E-state index in [9.17, 15) is 0 Å². The van der Waals surface area contributed by atoms with Gasteiger partial charge in [0, 0.05) is 18.1 Å². The van der Waals surface area contributed by atoms with Crippen LogP contribution in [-0.4, -0.2) is 18.1 Å². The minimum atomic E-state index is 0.812. The number of nitrogens with zero attached hydrogens (tertiary/aromatic N) is 1. The molecule has 70 valence electrons. The first-order valence-corrected chi connectivity index (χ1v) is 5.55. The molecule has 0 saturated heterocycles. The molecule has 0 spiro atoms. The van der Waals surface area contributed by atoms with Gasteiger partial charge in [0.1, 0.15) is 0 Å². The smallest absolute Gasteiger partial charge is 0.0388 e. The average Bonchev–Trinajstić information content (AvgIpc) is 2.14. The number of hydrogen-bond donors (Lipinski definition) is 0. The Bertz CT molecular complexity index is 143. The van der Waals surface area contributed by atoms with Gasteiger partial charge >= 0.3 is 0 Å². The first-order valence-electron chi connectivity index (χ1n) is 5.01. The van der Waals surface area contributed by atoms with E-state index in [1.807, 2.05) is 0 Å². The van der Waals surface area contributed by atoms with Gasteiger partial charge in [-0.15, -0.1) is 11.6 Å². The fraction of sp³-hybridized carbons (Fsp3) is 0.900. The van der Waals surface area contributed by atoms with E-state index in [0.29, 0.717) is 0 Å². The van der Waals surface area contributed by atoms with E-state index in [-0.39, 0.29) is 0 Å². The van der Waals surface area contributed by atoms with Gasteiger partial charge in [0.15, 0.2) is 0 Å². The highest BCUT2D eigenvalue weighted by Gasteiger charge is 2.03.